The normalized spacial score (nSPS) is 11.7. The molecule has 1 amide bonds. The molecule has 0 aromatic heterocycles. The lowest BCUT2D eigenvalue weighted by molar-refractivity contribution is 0.0982. The van der Waals surface area contributed by atoms with Crippen LogP contribution in [0.25, 0.3) is 6.08 Å². The Hall–Kier alpha value is -1.60. The number of rotatable bonds is 4. The number of carbonyl (C=O) groups is 1. The Balaban J connectivity index is 2.16. The lowest BCUT2D eigenvalue weighted by Crippen LogP contribution is -2.29. The molecule has 0 aliphatic carbocycles. The zero-order valence-electron chi connectivity index (χ0n) is 11.8. The van der Waals surface area contributed by atoms with Crippen LogP contribution in [-0.2, 0) is 10.0 Å². The van der Waals surface area contributed by atoms with E-state index in [1.165, 1.54) is 18.2 Å². The van der Waals surface area contributed by atoms with Crippen molar-refractivity contribution >= 4 is 56.8 Å². The summed E-state index contributed by atoms with van der Waals surface area (Å²) in [6.07, 6.45) is 1.24. The summed E-state index contributed by atoms with van der Waals surface area (Å²) >= 11 is 17.3. The summed E-state index contributed by atoms with van der Waals surface area (Å²) in [6, 6.07) is 7.53. The minimum atomic E-state index is -4.09. The van der Waals surface area contributed by atoms with Crippen molar-refractivity contribution in [2.45, 2.75) is 0 Å². The number of amides is 1. The Kier molecular flexibility index (Phi) is 5.87. The Labute approximate surface area is 152 Å². The minimum absolute atomic E-state index is 0.162. The highest BCUT2D eigenvalue weighted by atomic mass is 35.5. The van der Waals surface area contributed by atoms with Crippen molar-refractivity contribution in [1.29, 1.82) is 0 Å². The maximum Gasteiger partial charge on any atom is 0.266 e. The second-order valence-electron chi connectivity index (χ2n) is 4.58. The predicted octanol–water partition coefficient (Wildman–Crippen LogP) is 4.52. The van der Waals surface area contributed by atoms with Gasteiger partial charge in [0.1, 0.15) is 5.82 Å². The van der Waals surface area contributed by atoms with Crippen molar-refractivity contribution in [3.8, 4) is 0 Å². The third kappa shape index (κ3) is 4.95. The predicted molar refractivity (Wildman–Crippen MR) is 93.3 cm³/mol. The summed E-state index contributed by atoms with van der Waals surface area (Å²) in [4.78, 5) is 11.9. The molecule has 9 heteroatoms. The van der Waals surface area contributed by atoms with Gasteiger partial charge in [0, 0.05) is 0 Å². The van der Waals surface area contributed by atoms with E-state index < -0.39 is 21.7 Å². The maximum atomic E-state index is 13.0. The molecule has 0 spiro atoms. The zero-order valence-corrected chi connectivity index (χ0v) is 14.8. The van der Waals surface area contributed by atoms with E-state index in [1.807, 2.05) is 4.72 Å². The minimum Gasteiger partial charge on any atom is -0.268 e. The first-order valence-corrected chi connectivity index (χ1v) is 9.01. The fraction of sp³-hybridized carbons (Fsp3) is 0. The lowest BCUT2D eigenvalue weighted by atomic mass is 10.2. The van der Waals surface area contributed by atoms with Gasteiger partial charge in [-0.1, -0.05) is 40.9 Å². The van der Waals surface area contributed by atoms with Crippen molar-refractivity contribution in [3.63, 3.8) is 0 Å². The van der Waals surface area contributed by atoms with Crippen LogP contribution >= 0.6 is 34.8 Å². The van der Waals surface area contributed by atoms with Crippen molar-refractivity contribution in [2.24, 2.45) is 0 Å². The molecule has 0 aliphatic heterocycles. The van der Waals surface area contributed by atoms with Gasteiger partial charge in [-0.3, -0.25) is 4.79 Å². The molecule has 126 valence electrons. The molecule has 0 atom stereocenters. The smallest absolute Gasteiger partial charge is 0.266 e. The largest absolute Gasteiger partial charge is 0.268 e. The molecule has 0 radical (unpaired) electrons. The third-order valence-corrected chi connectivity index (χ3v) is 4.81. The van der Waals surface area contributed by atoms with Crippen LogP contribution < -0.4 is 4.72 Å². The van der Waals surface area contributed by atoms with E-state index >= 15 is 0 Å². The number of sulfonamides is 1. The zero-order chi connectivity index (χ0) is 17.9. The van der Waals surface area contributed by atoms with E-state index in [2.05, 4.69) is 0 Å². The van der Waals surface area contributed by atoms with Crippen LogP contribution in [0.2, 0.25) is 15.1 Å². The van der Waals surface area contributed by atoms with Gasteiger partial charge in [0.2, 0.25) is 0 Å². The van der Waals surface area contributed by atoms with Crippen molar-refractivity contribution in [2.75, 3.05) is 0 Å². The van der Waals surface area contributed by atoms with E-state index in [1.54, 1.807) is 6.07 Å². The van der Waals surface area contributed by atoms with Gasteiger partial charge in [0.05, 0.1) is 26.0 Å². The van der Waals surface area contributed by atoms with Gasteiger partial charge in [0.25, 0.3) is 15.9 Å². The van der Waals surface area contributed by atoms with Gasteiger partial charge in [-0.15, -0.1) is 0 Å². The van der Waals surface area contributed by atoms with Gasteiger partial charge < -0.3 is 0 Å². The number of halogens is 4. The molecule has 0 unspecified atom stereocenters. The fourth-order valence-corrected chi connectivity index (χ4v) is 3.01. The van der Waals surface area contributed by atoms with Crippen LogP contribution in [-0.4, -0.2) is 14.3 Å². The van der Waals surface area contributed by atoms with Crippen molar-refractivity contribution < 1.29 is 17.6 Å². The van der Waals surface area contributed by atoms with Crippen LogP contribution in [0.3, 0.4) is 0 Å². The van der Waals surface area contributed by atoms with Gasteiger partial charge >= 0.3 is 0 Å². The highest BCUT2D eigenvalue weighted by molar-refractivity contribution is 7.93. The van der Waals surface area contributed by atoms with Crippen molar-refractivity contribution in [1.82, 2.24) is 4.72 Å². The summed E-state index contributed by atoms with van der Waals surface area (Å²) in [6.45, 7) is 0. The first-order chi connectivity index (χ1) is 11.2. The van der Waals surface area contributed by atoms with Gasteiger partial charge in [-0.2, -0.15) is 0 Å². The number of hydrogen-bond donors (Lipinski definition) is 1. The van der Waals surface area contributed by atoms with Gasteiger partial charge in [-0.05, 0) is 42.0 Å². The van der Waals surface area contributed by atoms with E-state index in [4.69, 9.17) is 34.8 Å². The Morgan fingerprint density at radius 2 is 1.71 bits per heavy atom. The van der Waals surface area contributed by atoms with E-state index in [0.717, 1.165) is 23.6 Å². The first-order valence-electron chi connectivity index (χ1n) is 6.33. The van der Waals surface area contributed by atoms with Gasteiger partial charge in [0.15, 0.2) is 0 Å². The topological polar surface area (TPSA) is 63.2 Å². The summed E-state index contributed by atoms with van der Waals surface area (Å²) in [5.41, 5.74) is 0.312. The Bertz CT molecular complexity index is 930. The quantitative estimate of drug-likeness (QED) is 0.809. The molecule has 0 aliphatic rings. The number of nitrogens with one attached hydrogen (secondary N) is 1. The SMILES string of the molecule is O=C(NS(=O)(=O)C=Cc1ccc(Cl)c(Cl)c1)c1ccc(F)cc1Cl. The second-order valence-corrected chi connectivity index (χ2v) is 7.36. The Morgan fingerprint density at radius 3 is 2.33 bits per heavy atom. The molecular weight excluding hydrogens is 400 g/mol. The molecule has 1 N–H and O–H groups in total. The van der Waals surface area contributed by atoms with E-state index in [-0.39, 0.29) is 15.6 Å². The molecule has 2 aromatic rings. The second kappa shape index (κ2) is 7.53. The molecule has 0 heterocycles. The molecule has 0 saturated heterocycles. The van der Waals surface area contributed by atoms with Crippen LogP contribution in [0.4, 0.5) is 4.39 Å². The average molecular weight is 409 g/mol. The monoisotopic (exact) mass is 407 g/mol. The molecular formula is C15H9Cl3FNO3S. The summed E-state index contributed by atoms with van der Waals surface area (Å²) in [5.74, 6) is -1.61. The molecule has 0 bridgehead atoms. The standard InChI is InChI=1S/C15H9Cl3FNO3S/c16-12-4-1-9(7-14(12)18)5-6-24(22,23)20-15(21)11-3-2-10(19)8-13(11)17/h1-8H,(H,20,21). The molecule has 24 heavy (non-hydrogen) atoms. The molecule has 2 rings (SSSR count). The number of hydrogen-bond acceptors (Lipinski definition) is 3. The average Bonchev–Trinajstić information content (AvgIpc) is 2.48. The van der Waals surface area contributed by atoms with E-state index in [9.17, 15) is 17.6 Å². The third-order valence-electron chi connectivity index (χ3n) is 2.79. The summed E-state index contributed by atoms with van der Waals surface area (Å²) in [7, 11) is -4.09. The molecule has 4 nitrogen and oxygen atoms in total. The first kappa shape index (κ1) is 18.7. The lowest BCUT2D eigenvalue weighted by Gasteiger charge is -2.05. The molecule has 0 fully saturated rings. The van der Waals surface area contributed by atoms with Gasteiger partial charge in [-0.25, -0.2) is 17.5 Å². The fourth-order valence-electron chi connectivity index (χ4n) is 1.68. The Morgan fingerprint density at radius 1 is 1.00 bits per heavy atom. The highest BCUT2D eigenvalue weighted by Crippen LogP contribution is 2.23. The molecule has 2 aromatic carbocycles. The van der Waals surface area contributed by atoms with Crippen LogP contribution in [0.15, 0.2) is 41.8 Å². The summed E-state index contributed by atoms with van der Waals surface area (Å²) < 4.78 is 38.6. The maximum absolute atomic E-state index is 13.0. The van der Waals surface area contributed by atoms with Crippen molar-refractivity contribution in [3.05, 3.63) is 73.8 Å². The summed E-state index contributed by atoms with van der Waals surface area (Å²) in [5, 5.41) is 1.19. The highest BCUT2D eigenvalue weighted by Gasteiger charge is 2.16. The van der Waals surface area contributed by atoms with Crippen LogP contribution in [0, 0.1) is 5.82 Å². The number of benzene rings is 2. The van der Waals surface area contributed by atoms with Crippen LogP contribution in [0.5, 0.6) is 0 Å². The molecule has 0 saturated carbocycles. The number of carbonyl (C=O) groups excluding carboxylic acids is 1. The van der Waals surface area contributed by atoms with E-state index in [0.29, 0.717) is 10.6 Å². The van der Waals surface area contributed by atoms with Crippen LogP contribution in [0.1, 0.15) is 15.9 Å².